The fourth-order valence-corrected chi connectivity index (χ4v) is 2.78. The highest BCUT2D eigenvalue weighted by molar-refractivity contribution is 6.33. The molecule has 0 saturated heterocycles. The lowest BCUT2D eigenvalue weighted by atomic mass is 10.2. The molecule has 0 aromatic heterocycles. The van der Waals surface area contributed by atoms with Gasteiger partial charge in [0.1, 0.15) is 5.82 Å². The monoisotopic (exact) mass is 290 g/mol. The van der Waals surface area contributed by atoms with Gasteiger partial charge in [-0.2, -0.15) is 0 Å². The van der Waals surface area contributed by atoms with Gasteiger partial charge in [-0.1, -0.05) is 29.8 Å². The van der Waals surface area contributed by atoms with Crippen LogP contribution in [0.4, 0.5) is 15.8 Å². The highest BCUT2D eigenvalue weighted by atomic mass is 35.5. The van der Waals surface area contributed by atoms with Gasteiger partial charge in [0.25, 0.3) is 0 Å². The molecule has 2 nitrogen and oxygen atoms in total. The van der Waals surface area contributed by atoms with Crippen LogP contribution >= 0.6 is 11.6 Å². The molecule has 0 spiro atoms. The van der Waals surface area contributed by atoms with Gasteiger partial charge < -0.3 is 10.2 Å². The van der Waals surface area contributed by atoms with Crippen LogP contribution in [0.25, 0.3) is 0 Å². The summed E-state index contributed by atoms with van der Waals surface area (Å²) >= 11 is 6.10. The van der Waals surface area contributed by atoms with Gasteiger partial charge in [0.05, 0.1) is 10.7 Å². The highest BCUT2D eigenvalue weighted by Crippen LogP contribution is 2.28. The number of fused-ring (bicyclic) bond motifs is 1. The Kier molecular flexibility index (Phi) is 3.79. The lowest BCUT2D eigenvalue weighted by Gasteiger charge is -2.20. The van der Waals surface area contributed by atoms with Crippen molar-refractivity contribution in [3.63, 3.8) is 0 Å². The van der Waals surface area contributed by atoms with E-state index in [9.17, 15) is 4.39 Å². The fourth-order valence-electron chi connectivity index (χ4n) is 2.58. The molecule has 2 aromatic carbocycles. The van der Waals surface area contributed by atoms with E-state index in [0.717, 1.165) is 42.5 Å². The van der Waals surface area contributed by atoms with E-state index in [1.807, 2.05) is 30.3 Å². The predicted octanol–water partition coefficient (Wildman–Crippen LogP) is 3.95. The maximum atomic E-state index is 13.3. The molecule has 0 bridgehead atoms. The van der Waals surface area contributed by atoms with Gasteiger partial charge in [0.15, 0.2) is 0 Å². The minimum atomic E-state index is -0.172. The molecule has 1 aliphatic heterocycles. The van der Waals surface area contributed by atoms with Crippen LogP contribution in [0.1, 0.15) is 5.56 Å². The van der Waals surface area contributed by atoms with E-state index in [1.54, 1.807) is 6.07 Å². The molecular weight excluding hydrogens is 275 g/mol. The molecule has 1 N–H and O–H groups in total. The molecule has 0 unspecified atom stereocenters. The maximum absolute atomic E-state index is 13.3. The van der Waals surface area contributed by atoms with E-state index in [-0.39, 0.29) is 5.82 Å². The van der Waals surface area contributed by atoms with E-state index in [0.29, 0.717) is 0 Å². The number of hydrogen-bond acceptors (Lipinski definition) is 2. The van der Waals surface area contributed by atoms with E-state index in [2.05, 4.69) is 10.2 Å². The summed E-state index contributed by atoms with van der Waals surface area (Å²) in [7, 11) is 0. The van der Waals surface area contributed by atoms with Crippen LogP contribution < -0.4 is 10.2 Å². The average Bonchev–Trinajstić information content (AvgIpc) is 2.83. The molecule has 0 fully saturated rings. The Hall–Kier alpha value is -1.74. The number of benzene rings is 2. The van der Waals surface area contributed by atoms with Gasteiger partial charge in [-0.25, -0.2) is 4.39 Å². The zero-order chi connectivity index (χ0) is 13.9. The molecular formula is C16H16ClFN2. The number of rotatable bonds is 4. The first-order valence-electron chi connectivity index (χ1n) is 6.76. The Morgan fingerprint density at radius 3 is 2.90 bits per heavy atom. The maximum Gasteiger partial charge on any atom is 0.125 e. The van der Waals surface area contributed by atoms with Gasteiger partial charge in [-0.05, 0) is 36.2 Å². The molecule has 0 saturated carbocycles. The minimum Gasteiger partial charge on any atom is -0.382 e. The minimum absolute atomic E-state index is 0.172. The van der Waals surface area contributed by atoms with Crippen molar-refractivity contribution in [2.75, 3.05) is 29.9 Å². The van der Waals surface area contributed by atoms with E-state index in [4.69, 9.17) is 11.6 Å². The highest BCUT2D eigenvalue weighted by Gasteiger charge is 2.18. The summed E-state index contributed by atoms with van der Waals surface area (Å²) in [6.45, 7) is 2.56. The summed E-state index contributed by atoms with van der Waals surface area (Å²) in [6.07, 6.45) is 0.988. The van der Waals surface area contributed by atoms with Crippen molar-refractivity contribution in [3.8, 4) is 0 Å². The molecule has 20 heavy (non-hydrogen) atoms. The van der Waals surface area contributed by atoms with E-state index < -0.39 is 0 Å². The van der Waals surface area contributed by atoms with Gasteiger partial charge in [-0.3, -0.25) is 0 Å². The molecule has 0 atom stereocenters. The van der Waals surface area contributed by atoms with Crippen molar-refractivity contribution < 1.29 is 4.39 Å². The first-order chi connectivity index (χ1) is 9.74. The first-order valence-corrected chi connectivity index (χ1v) is 7.13. The molecule has 1 aliphatic rings. The standard InChI is InChI=1S/C16H16ClFN2/c17-14-3-1-2-4-15(14)19-8-10-20-9-7-12-5-6-13(18)11-16(12)20/h1-6,11,19H,7-10H2. The van der Waals surface area contributed by atoms with Crippen molar-refractivity contribution >= 4 is 23.0 Å². The molecule has 3 rings (SSSR count). The van der Waals surface area contributed by atoms with Crippen molar-refractivity contribution in [3.05, 3.63) is 58.9 Å². The third kappa shape index (κ3) is 2.73. The summed E-state index contributed by atoms with van der Waals surface area (Å²) in [5.74, 6) is -0.172. The first kappa shape index (κ1) is 13.3. The van der Waals surface area contributed by atoms with Crippen molar-refractivity contribution in [1.29, 1.82) is 0 Å². The molecule has 4 heteroatoms. The van der Waals surface area contributed by atoms with Crippen LogP contribution in [0, 0.1) is 5.82 Å². The second-order valence-electron chi connectivity index (χ2n) is 4.92. The number of halogens is 2. The Balaban J connectivity index is 1.61. The molecule has 0 radical (unpaired) electrons. The normalized spacial score (nSPS) is 13.4. The second-order valence-corrected chi connectivity index (χ2v) is 5.32. The van der Waals surface area contributed by atoms with Gasteiger partial charge in [0, 0.05) is 25.3 Å². The Bertz CT molecular complexity index is 615. The summed E-state index contributed by atoms with van der Waals surface area (Å²) in [6, 6.07) is 12.7. The summed E-state index contributed by atoms with van der Waals surface area (Å²) < 4.78 is 13.3. The largest absolute Gasteiger partial charge is 0.382 e. The number of para-hydroxylation sites is 1. The lowest BCUT2D eigenvalue weighted by molar-refractivity contribution is 0.627. The van der Waals surface area contributed by atoms with Crippen LogP contribution in [0.15, 0.2) is 42.5 Å². The van der Waals surface area contributed by atoms with Crippen molar-refractivity contribution in [1.82, 2.24) is 0 Å². The third-order valence-corrected chi connectivity index (χ3v) is 3.94. The van der Waals surface area contributed by atoms with Gasteiger partial charge >= 0.3 is 0 Å². The number of nitrogens with zero attached hydrogens (tertiary/aromatic N) is 1. The van der Waals surface area contributed by atoms with E-state index >= 15 is 0 Å². The Labute approximate surface area is 123 Å². The quantitative estimate of drug-likeness (QED) is 0.917. The molecule has 0 amide bonds. The lowest BCUT2D eigenvalue weighted by Crippen LogP contribution is -2.27. The van der Waals surface area contributed by atoms with Gasteiger partial charge in [0.2, 0.25) is 0 Å². The zero-order valence-corrected chi connectivity index (χ0v) is 11.8. The number of hydrogen-bond donors (Lipinski definition) is 1. The Morgan fingerprint density at radius 1 is 1.20 bits per heavy atom. The molecule has 1 heterocycles. The zero-order valence-electron chi connectivity index (χ0n) is 11.1. The smallest absolute Gasteiger partial charge is 0.125 e. The van der Waals surface area contributed by atoms with Crippen LogP contribution in [-0.2, 0) is 6.42 Å². The van der Waals surface area contributed by atoms with Crippen LogP contribution in [0.3, 0.4) is 0 Å². The number of nitrogens with one attached hydrogen (secondary N) is 1. The molecule has 2 aromatic rings. The summed E-state index contributed by atoms with van der Waals surface area (Å²) in [5.41, 5.74) is 3.18. The average molecular weight is 291 g/mol. The van der Waals surface area contributed by atoms with Crippen molar-refractivity contribution in [2.45, 2.75) is 6.42 Å². The SMILES string of the molecule is Fc1ccc2c(c1)N(CCNc1ccccc1Cl)CC2. The van der Waals surface area contributed by atoms with Gasteiger partial charge in [-0.15, -0.1) is 0 Å². The second kappa shape index (κ2) is 5.71. The topological polar surface area (TPSA) is 15.3 Å². The summed E-state index contributed by atoms with van der Waals surface area (Å²) in [4.78, 5) is 2.21. The third-order valence-electron chi connectivity index (χ3n) is 3.61. The fraction of sp³-hybridized carbons (Fsp3) is 0.250. The van der Waals surface area contributed by atoms with Crippen LogP contribution in [-0.4, -0.2) is 19.6 Å². The predicted molar refractivity (Wildman–Crippen MR) is 82.3 cm³/mol. The molecule has 104 valence electrons. The Morgan fingerprint density at radius 2 is 2.05 bits per heavy atom. The number of anilines is 2. The summed E-state index contributed by atoms with van der Waals surface area (Å²) in [5, 5.41) is 4.04. The van der Waals surface area contributed by atoms with Crippen molar-refractivity contribution in [2.24, 2.45) is 0 Å². The van der Waals surface area contributed by atoms with Crippen LogP contribution in [0.5, 0.6) is 0 Å². The van der Waals surface area contributed by atoms with E-state index in [1.165, 1.54) is 11.6 Å². The molecule has 0 aliphatic carbocycles. The van der Waals surface area contributed by atoms with Crippen LogP contribution in [0.2, 0.25) is 5.02 Å².